The highest BCUT2D eigenvalue weighted by atomic mass is 32.1. The number of esters is 1. The van der Waals surface area contributed by atoms with E-state index < -0.39 is 0 Å². The molecule has 4 nitrogen and oxygen atoms in total. The molecule has 4 rings (SSSR count). The number of para-hydroxylation sites is 1. The van der Waals surface area contributed by atoms with Crippen LogP contribution in [0, 0.1) is 17.8 Å². The van der Waals surface area contributed by atoms with Crippen LogP contribution >= 0.6 is 11.3 Å². The van der Waals surface area contributed by atoms with Crippen molar-refractivity contribution in [3.05, 3.63) is 53.6 Å². The summed E-state index contributed by atoms with van der Waals surface area (Å²) in [6, 6.07) is 9.90. The van der Waals surface area contributed by atoms with Crippen molar-refractivity contribution in [3.8, 4) is 0 Å². The van der Waals surface area contributed by atoms with Gasteiger partial charge in [-0.3, -0.25) is 4.79 Å². The van der Waals surface area contributed by atoms with E-state index in [9.17, 15) is 4.79 Å². The number of ether oxygens (including phenoxy) is 1. The molecule has 2 aliphatic rings. The predicted molar refractivity (Wildman–Crippen MR) is 90.5 cm³/mol. The Morgan fingerprint density at radius 3 is 2.87 bits per heavy atom. The van der Waals surface area contributed by atoms with Crippen molar-refractivity contribution in [2.24, 2.45) is 17.8 Å². The van der Waals surface area contributed by atoms with E-state index in [4.69, 9.17) is 4.74 Å². The third-order valence-electron chi connectivity index (χ3n) is 4.52. The Labute approximate surface area is 139 Å². The quantitative estimate of drug-likeness (QED) is 0.663. The first-order valence-electron chi connectivity index (χ1n) is 7.89. The molecule has 0 aliphatic heterocycles. The molecule has 1 saturated carbocycles. The van der Waals surface area contributed by atoms with Crippen LogP contribution in [0.15, 0.2) is 47.9 Å². The summed E-state index contributed by atoms with van der Waals surface area (Å²) in [5.41, 5.74) is 1.79. The van der Waals surface area contributed by atoms with E-state index in [-0.39, 0.29) is 18.5 Å². The first kappa shape index (κ1) is 14.5. The lowest BCUT2D eigenvalue weighted by Crippen LogP contribution is -2.21. The first-order valence-corrected chi connectivity index (χ1v) is 8.77. The maximum absolute atomic E-state index is 12.2. The van der Waals surface area contributed by atoms with Gasteiger partial charge in [-0.2, -0.15) is 0 Å². The summed E-state index contributed by atoms with van der Waals surface area (Å²) in [7, 11) is 0. The van der Waals surface area contributed by atoms with Crippen LogP contribution in [-0.4, -0.2) is 11.0 Å². The average Bonchev–Trinajstić information content (AvgIpc) is 3.30. The van der Waals surface area contributed by atoms with Gasteiger partial charge in [-0.15, -0.1) is 11.3 Å². The summed E-state index contributed by atoms with van der Waals surface area (Å²) in [6.07, 6.45) is 6.46. The monoisotopic (exact) mass is 326 g/mol. The molecule has 2 bridgehead atoms. The Hall–Kier alpha value is -2.14. The summed E-state index contributed by atoms with van der Waals surface area (Å²) in [5.74, 6) is 0.940. The van der Waals surface area contributed by atoms with Gasteiger partial charge in [-0.25, -0.2) is 4.98 Å². The van der Waals surface area contributed by atoms with Gasteiger partial charge < -0.3 is 10.1 Å². The molecule has 2 aromatic rings. The van der Waals surface area contributed by atoms with Crippen LogP contribution in [-0.2, 0) is 16.1 Å². The number of hydrogen-bond acceptors (Lipinski definition) is 5. The number of allylic oxidation sites excluding steroid dienone is 2. The minimum Gasteiger partial charge on any atom is -0.459 e. The minimum absolute atomic E-state index is 0.0468. The summed E-state index contributed by atoms with van der Waals surface area (Å²) < 4.78 is 5.47. The van der Waals surface area contributed by atoms with E-state index in [1.807, 2.05) is 35.7 Å². The SMILES string of the molecule is O=C(OCc1csc(Nc2ccccc2)n1)[C@@H]1C[C@@H]2C=C[C@@H]1C2. The third kappa shape index (κ3) is 3.15. The number of aromatic nitrogens is 1. The molecule has 1 heterocycles. The van der Waals surface area contributed by atoms with E-state index in [1.165, 1.54) is 11.3 Å². The van der Waals surface area contributed by atoms with E-state index in [1.54, 1.807) is 0 Å². The van der Waals surface area contributed by atoms with Gasteiger partial charge in [0.05, 0.1) is 11.6 Å². The van der Waals surface area contributed by atoms with Gasteiger partial charge in [-0.1, -0.05) is 30.4 Å². The summed E-state index contributed by atoms with van der Waals surface area (Å²) in [4.78, 5) is 16.7. The van der Waals surface area contributed by atoms with E-state index in [0.717, 1.165) is 29.4 Å². The van der Waals surface area contributed by atoms with Crippen LogP contribution in [0.4, 0.5) is 10.8 Å². The van der Waals surface area contributed by atoms with Crippen molar-refractivity contribution < 1.29 is 9.53 Å². The smallest absolute Gasteiger partial charge is 0.309 e. The molecular formula is C18H18N2O2S. The number of nitrogens with one attached hydrogen (secondary N) is 1. The van der Waals surface area contributed by atoms with Crippen molar-refractivity contribution in [3.63, 3.8) is 0 Å². The Balaban J connectivity index is 1.31. The molecule has 0 spiro atoms. The van der Waals surface area contributed by atoms with Gasteiger partial charge in [0.25, 0.3) is 0 Å². The fourth-order valence-electron chi connectivity index (χ4n) is 3.38. The maximum atomic E-state index is 12.2. The summed E-state index contributed by atoms with van der Waals surface area (Å²) in [5, 5.41) is 5.99. The van der Waals surface area contributed by atoms with Gasteiger partial charge in [0.2, 0.25) is 0 Å². The summed E-state index contributed by atoms with van der Waals surface area (Å²) in [6.45, 7) is 0.253. The molecule has 1 aromatic heterocycles. The molecule has 0 unspecified atom stereocenters. The number of benzene rings is 1. The van der Waals surface area contributed by atoms with Crippen LogP contribution in [0.2, 0.25) is 0 Å². The lowest BCUT2D eigenvalue weighted by Gasteiger charge is -2.16. The molecule has 1 fully saturated rings. The third-order valence-corrected chi connectivity index (χ3v) is 5.33. The van der Waals surface area contributed by atoms with Gasteiger partial charge in [0, 0.05) is 11.1 Å². The number of fused-ring (bicyclic) bond motifs is 2. The van der Waals surface area contributed by atoms with Crippen molar-refractivity contribution in [1.29, 1.82) is 0 Å². The number of anilines is 2. The second-order valence-corrected chi connectivity index (χ2v) is 6.99. The Bertz CT molecular complexity index is 726. The standard InChI is InChI=1S/C18H18N2O2S/c21-17(16-9-12-6-7-13(16)8-12)22-10-15-11-23-18(20-15)19-14-4-2-1-3-5-14/h1-7,11-13,16H,8-10H2,(H,19,20)/t12-,13-,16-/m1/s1. The highest BCUT2D eigenvalue weighted by molar-refractivity contribution is 7.13. The molecule has 1 aromatic carbocycles. The van der Waals surface area contributed by atoms with Gasteiger partial charge >= 0.3 is 5.97 Å². The Morgan fingerprint density at radius 1 is 1.26 bits per heavy atom. The molecule has 0 amide bonds. The Morgan fingerprint density at radius 2 is 2.13 bits per heavy atom. The Kier molecular flexibility index (Phi) is 3.87. The van der Waals surface area contributed by atoms with Gasteiger partial charge in [-0.05, 0) is 36.8 Å². The largest absolute Gasteiger partial charge is 0.459 e. The van der Waals surface area contributed by atoms with Crippen molar-refractivity contribution in [2.75, 3.05) is 5.32 Å². The maximum Gasteiger partial charge on any atom is 0.309 e. The van der Waals surface area contributed by atoms with Crippen molar-refractivity contribution in [2.45, 2.75) is 19.4 Å². The minimum atomic E-state index is -0.0765. The van der Waals surface area contributed by atoms with Gasteiger partial charge in [0.1, 0.15) is 6.61 Å². The molecule has 3 atom stereocenters. The van der Waals surface area contributed by atoms with Crippen LogP contribution in [0.25, 0.3) is 0 Å². The average molecular weight is 326 g/mol. The van der Waals surface area contributed by atoms with E-state index in [2.05, 4.69) is 22.5 Å². The molecule has 23 heavy (non-hydrogen) atoms. The topological polar surface area (TPSA) is 51.2 Å². The molecule has 0 radical (unpaired) electrons. The summed E-state index contributed by atoms with van der Waals surface area (Å²) >= 11 is 1.52. The van der Waals surface area contributed by atoms with E-state index >= 15 is 0 Å². The number of carbonyl (C=O) groups is 1. The van der Waals surface area contributed by atoms with Crippen molar-refractivity contribution in [1.82, 2.24) is 4.98 Å². The van der Waals surface area contributed by atoms with Crippen LogP contribution in [0.1, 0.15) is 18.5 Å². The van der Waals surface area contributed by atoms with Crippen LogP contribution in [0.3, 0.4) is 0 Å². The normalized spacial score (nSPS) is 24.8. The predicted octanol–water partition coefficient (Wildman–Crippen LogP) is 4.14. The highest BCUT2D eigenvalue weighted by Gasteiger charge is 2.40. The molecule has 2 aliphatic carbocycles. The van der Waals surface area contributed by atoms with Crippen LogP contribution in [0.5, 0.6) is 0 Å². The fourth-order valence-corrected chi connectivity index (χ4v) is 4.09. The highest BCUT2D eigenvalue weighted by Crippen LogP contribution is 2.43. The lowest BCUT2D eigenvalue weighted by atomic mass is 9.94. The molecule has 0 saturated heterocycles. The van der Waals surface area contributed by atoms with Crippen LogP contribution < -0.4 is 5.32 Å². The number of carbonyl (C=O) groups excluding carboxylic acids is 1. The molecular weight excluding hydrogens is 308 g/mol. The van der Waals surface area contributed by atoms with Crippen molar-refractivity contribution >= 4 is 28.1 Å². The molecule has 5 heteroatoms. The fraction of sp³-hybridized carbons (Fsp3) is 0.333. The lowest BCUT2D eigenvalue weighted by molar-refractivity contribution is -0.150. The zero-order valence-electron chi connectivity index (χ0n) is 12.6. The number of rotatable bonds is 5. The molecule has 1 N–H and O–H groups in total. The first-order chi connectivity index (χ1) is 11.3. The van der Waals surface area contributed by atoms with Gasteiger partial charge in [0.15, 0.2) is 5.13 Å². The second kappa shape index (κ2) is 6.16. The van der Waals surface area contributed by atoms with E-state index in [0.29, 0.717) is 11.8 Å². The zero-order valence-corrected chi connectivity index (χ0v) is 13.5. The number of nitrogens with zero attached hydrogens (tertiary/aromatic N) is 1. The zero-order chi connectivity index (χ0) is 15.6. The number of thiazole rings is 1. The number of hydrogen-bond donors (Lipinski definition) is 1. The second-order valence-electron chi connectivity index (χ2n) is 6.13. The molecule has 118 valence electrons.